The molecule has 0 fully saturated rings. The van der Waals surface area contributed by atoms with Crippen LogP contribution in [0.2, 0.25) is 0 Å². The fraction of sp³-hybridized carbons (Fsp3) is 0.286. The number of rotatable bonds is 5. The van der Waals surface area contributed by atoms with E-state index >= 15 is 0 Å². The third-order valence-electron chi connectivity index (χ3n) is 2.66. The van der Waals surface area contributed by atoms with Gasteiger partial charge in [-0.15, -0.1) is 11.3 Å². The van der Waals surface area contributed by atoms with E-state index in [4.69, 9.17) is 5.11 Å². The topological polar surface area (TPSA) is 50.2 Å². The standard InChI is InChI=1S/C14H15NO2S/c1-2-3-12-9-18-13(15-12)8-10-4-6-11(7-5-10)14(16)17/h4-7,9H,2-3,8H2,1H3,(H,16,17). The lowest BCUT2D eigenvalue weighted by Crippen LogP contribution is -1.96. The van der Waals surface area contributed by atoms with Crippen LogP contribution in [0.3, 0.4) is 0 Å². The SMILES string of the molecule is CCCc1csc(Cc2ccc(C(=O)O)cc2)n1. The van der Waals surface area contributed by atoms with Gasteiger partial charge in [-0.3, -0.25) is 0 Å². The molecule has 0 saturated carbocycles. The van der Waals surface area contributed by atoms with Gasteiger partial charge in [0.2, 0.25) is 0 Å². The second-order valence-corrected chi connectivity index (χ2v) is 5.10. The molecule has 0 amide bonds. The predicted octanol–water partition coefficient (Wildman–Crippen LogP) is 3.38. The third-order valence-corrected chi connectivity index (χ3v) is 3.56. The van der Waals surface area contributed by atoms with Gasteiger partial charge in [-0.05, 0) is 24.1 Å². The number of hydrogen-bond acceptors (Lipinski definition) is 3. The Morgan fingerprint density at radius 2 is 2.06 bits per heavy atom. The van der Waals surface area contributed by atoms with E-state index in [1.165, 1.54) is 0 Å². The molecule has 1 aromatic carbocycles. The highest BCUT2D eigenvalue weighted by molar-refractivity contribution is 7.09. The summed E-state index contributed by atoms with van der Waals surface area (Å²) in [5.74, 6) is -0.888. The van der Waals surface area contributed by atoms with Gasteiger partial charge in [-0.2, -0.15) is 0 Å². The van der Waals surface area contributed by atoms with Crippen molar-refractivity contribution in [1.82, 2.24) is 4.98 Å². The van der Waals surface area contributed by atoms with Crippen molar-refractivity contribution in [1.29, 1.82) is 0 Å². The maximum Gasteiger partial charge on any atom is 0.335 e. The number of hydrogen-bond donors (Lipinski definition) is 1. The van der Waals surface area contributed by atoms with Crippen LogP contribution in [0.4, 0.5) is 0 Å². The van der Waals surface area contributed by atoms with Crippen LogP contribution in [-0.2, 0) is 12.8 Å². The van der Waals surface area contributed by atoms with Gasteiger partial charge in [0, 0.05) is 11.8 Å². The van der Waals surface area contributed by atoms with E-state index < -0.39 is 5.97 Å². The fourth-order valence-corrected chi connectivity index (χ4v) is 2.60. The number of carboxylic acid groups (broad SMARTS) is 1. The Kier molecular flexibility index (Phi) is 4.10. The number of aryl methyl sites for hydroxylation is 1. The smallest absolute Gasteiger partial charge is 0.335 e. The number of thiazole rings is 1. The van der Waals surface area contributed by atoms with Crippen LogP contribution in [0.15, 0.2) is 29.6 Å². The van der Waals surface area contributed by atoms with E-state index in [1.807, 2.05) is 12.1 Å². The summed E-state index contributed by atoms with van der Waals surface area (Å²) in [6.07, 6.45) is 2.90. The van der Waals surface area contributed by atoms with Crippen molar-refractivity contribution in [3.05, 3.63) is 51.5 Å². The molecule has 94 valence electrons. The molecule has 2 aromatic rings. The first-order valence-electron chi connectivity index (χ1n) is 5.94. The fourth-order valence-electron chi connectivity index (χ4n) is 1.74. The van der Waals surface area contributed by atoms with E-state index in [1.54, 1.807) is 23.5 Å². The average Bonchev–Trinajstić information content (AvgIpc) is 2.78. The van der Waals surface area contributed by atoms with Gasteiger partial charge in [0.25, 0.3) is 0 Å². The molecule has 18 heavy (non-hydrogen) atoms. The summed E-state index contributed by atoms with van der Waals surface area (Å²) in [4.78, 5) is 15.3. The minimum absolute atomic E-state index is 0.324. The highest BCUT2D eigenvalue weighted by atomic mass is 32.1. The summed E-state index contributed by atoms with van der Waals surface area (Å²) in [6.45, 7) is 2.14. The number of benzene rings is 1. The number of aromatic nitrogens is 1. The van der Waals surface area contributed by atoms with Crippen LogP contribution in [0.25, 0.3) is 0 Å². The monoisotopic (exact) mass is 261 g/mol. The molecule has 0 aliphatic heterocycles. The summed E-state index contributed by atoms with van der Waals surface area (Å²) in [5, 5.41) is 12.0. The Labute approximate surface area is 110 Å². The second-order valence-electron chi connectivity index (χ2n) is 4.16. The first-order valence-corrected chi connectivity index (χ1v) is 6.82. The van der Waals surface area contributed by atoms with Gasteiger partial charge in [0.1, 0.15) is 0 Å². The maximum atomic E-state index is 10.7. The zero-order chi connectivity index (χ0) is 13.0. The summed E-state index contributed by atoms with van der Waals surface area (Å²) in [5.41, 5.74) is 2.57. The molecule has 0 unspecified atom stereocenters. The van der Waals surface area contributed by atoms with Crippen molar-refractivity contribution in [2.24, 2.45) is 0 Å². The molecular formula is C14H15NO2S. The van der Waals surface area contributed by atoms with Crippen LogP contribution < -0.4 is 0 Å². The van der Waals surface area contributed by atoms with Crippen LogP contribution >= 0.6 is 11.3 Å². The Bertz CT molecular complexity index is 531. The van der Waals surface area contributed by atoms with Crippen LogP contribution in [-0.4, -0.2) is 16.1 Å². The number of aromatic carboxylic acids is 1. The summed E-state index contributed by atoms with van der Waals surface area (Å²) in [7, 11) is 0. The molecule has 3 nitrogen and oxygen atoms in total. The average molecular weight is 261 g/mol. The largest absolute Gasteiger partial charge is 0.478 e. The number of carboxylic acids is 1. The number of nitrogens with zero attached hydrogens (tertiary/aromatic N) is 1. The van der Waals surface area contributed by atoms with Crippen molar-refractivity contribution < 1.29 is 9.90 Å². The Morgan fingerprint density at radius 1 is 1.33 bits per heavy atom. The zero-order valence-electron chi connectivity index (χ0n) is 10.2. The summed E-state index contributed by atoms with van der Waals surface area (Å²) >= 11 is 1.67. The molecule has 0 atom stereocenters. The lowest BCUT2D eigenvalue weighted by Gasteiger charge is -1.99. The molecule has 1 heterocycles. The molecule has 0 bridgehead atoms. The van der Waals surface area contributed by atoms with Crippen molar-refractivity contribution in [2.75, 3.05) is 0 Å². The second kappa shape index (κ2) is 5.78. The van der Waals surface area contributed by atoms with E-state index in [2.05, 4.69) is 17.3 Å². The molecule has 0 aliphatic carbocycles. The molecule has 0 aliphatic rings. The van der Waals surface area contributed by atoms with Crippen molar-refractivity contribution in [2.45, 2.75) is 26.2 Å². The van der Waals surface area contributed by atoms with Crippen molar-refractivity contribution in [3.8, 4) is 0 Å². The van der Waals surface area contributed by atoms with Gasteiger partial charge >= 0.3 is 5.97 Å². The normalized spacial score (nSPS) is 10.5. The lowest BCUT2D eigenvalue weighted by atomic mass is 10.1. The van der Waals surface area contributed by atoms with E-state index in [0.717, 1.165) is 35.5 Å². The van der Waals surface area contributed by atoms with Gasteiger partial charge in [-0.25, -0.2) is 9.78 Å². The first-order chi connectivity index (χ1) is 8.69. The van der Waals surface area contributed by atoms with Gasteiger partial charge < -0.3 is 5.11 Å². The molecule has 1 aromatic heterocycles. The highest BCUT2D eigenvalue weighted by Crippen LogP contribution is 2.16. The van der Waals surface area contributed by atoms with Crippen molar-refractivity contribution >= 4 is 17.3 Å². The highest BCUT2D eigenvalue weighted by Gasteiger charge is 2.05. The summed E-state index contributed by atoms with van der Waals surface area (Å²) < 4.78 is 0. The summed E-state index contributed by atoms with van der Waals surface area (Å²) in [6, 6.07) is 6.98. The molecule has 0 spiro atoms. The van der Waals surface area contributed by atoms with Crippen LogP contribution in [0.1, 0.15) is 40.0 Å². The van der Waals surface area contributed by atoms with Gasteiger partial charge in [0.05, 0.1) is 16.3 Å². The van der Waals surface area contributed by atoms with E-state index in [0.29, 0.717) is 5.56 Å². The molecule has 0 saturated heterocycles. The Hall–Kier alpha value is -1.68. The van der Waals surface area contributed by atoms with E-state index in [9.17, 15) is 4.79 Å². The minimum Gasteiger partial charge on any atom is -0.478 e. The van der Waals surface area contributed by atoms with Gasteiger partial charge in [0.15, 0.2) is 0 Å². The molecular weight excluding hydrogens is 246 g/mol. The quantitative estimate of drug-likeness (QED) is 0.897. The first kappa shape index (κ1) is 12.8. The molecule has 1 N–H and O–H groups in total. The minimum atomic E-state index is -0.888. The Morgan fingerprint density at radius 3 is 2.67 bits per heavy atom. The van der Waals surface area contributed by atoms with Crippen LogP contribution in [0.5, 0.6) is 0 Å². The third kappa shape index (κ3) is 3.17. The van der Waals surface area contributed by atoms with Gasteiger partial charge in [-0.1, -0.05) is 25.5 Å². The van der Waals surface area contributed by atoms with E-state index in [-0.39, 0.29) is 0 Å². The number of carbonyl (C=O) groups is 1. The predicted molar refractivity (Wildman–Crippen MR) is 72.3 cm³/mol. The Balaban J connectivity index is 2.06. The molecule has 4 heteroatoms. The molecule has 2 rings (SSSR count). The molecule has 0 radical (unpaired) electrons. The zero-order valence-corrected chi connectivity index (χ0v) is 11.0. The van der Waals surface area contributed by atoms with Crippen molar-refractivity contribution in [3.63, 3.8) is 0 Å². The lowest BCUT2D eigenvalue weighted by molar-refractivity contribution is 0.0697. The van der Waals surface area contributed by atoms with Crippen LogP contribution in [0, 0.1) is 0 Å². The maximum absolute atomic E-state index is 10.7.